The Morgan fingerprint density at radius 2 is 2.14 bits per heavy atom. The van der Waals surface area contributed by atoms with Crippen molar-refractivity contribution in [3.05, 3.63) is 34.2 Å². The van der Waals surface area contributed by atoms with Gasteiger partial charge in [-0.05, 0) is 18.1 Å². The first-order valence-electron chi connectivity index (χ1n) is 4.71. The highest BCUT2D eigenvalue weighted by Gasteiger charge is 2.12. The van der Waals surface area contributed by atoms with E-state index >= 15 is 0 Å². The molecule has 0 unspecified atom stereocenters. The molecule has 0 aromatic carbocycles. The molecular formula is C11H15NO2. The van der Waals surface area contributed by atoms with Crippen LogP contribution in [0.25, 0.3) is 0 Å². The van der Waals surface area contributed by atoms with Crippen molar-refractivity contribution >= 4 is 5.78 Å². The van der Waals surface area contributed by atoms with Gasteiger partial charge >= 0.3 is 0 Å². The van der Waals surface area contributed by atoms with E-state index in [0.29, 0.717) is 12.0 Å². The molecule has 76 valence electrons. The van der Waals surface area contributed by atoms with Gasteiger partial charge in [0.05, 0.1) is 5.56 Å². The quantitative estimate of drug-likeness (QED) is 0.684. The van der Waals surface area contributed by atoms with Gasteiger partial charge in [-0.2, -0.15) is 0 Å². The zero-order valence-corrected chi connectivity index (χ0v) is 8.78. The molecule has 0 N–H and O–H groups in total. The number of rotatable bonds is 3. The zero-order valence-electron chi connectivity index (χ0n) is 8.78. The standard InChI is InChI=1S/C11H15NO2/c1-8(2)7-10(13)9-5-4-6-12(3)11(9)14/h4-6,8H,7H2,1-3H3. The lowest BCUT2D eigenvalue weighted by atomic mass is 10.0. The third-order valence-corrected chi connectivity index (χ3v) is 2.02. The van der Waals surface area contributed by atoms with Gasteiger partial charge in [-0.3, -0.25) is 9.59 Å². The van der Waals surface area contributed by atoms with Gasteiger partial charge in [0.25, 0.3) is 5.56 Å². The Balaban J connectivity index is 3.02. The van der Waals surface area contributed by atoms with E-state index in [1.165, 1.54) is 4.57 Å². The summed E-state index contributed by atoms with van der Waals surface area (Å²) in [5.41, 5.74) is 0.0850. The summed E-state index contributed by atoms with van der Waals surface area (Å²) in [6, 6.07) is 3.31. The van der Waals surface area contributed by atoms with E-state index in [1.54, 1.807) is 25.4 Å². The predicted molar refractivity (Wildman–Crippen MR) is 55.5 cm³/mol. The minimum absolute atomic E-state index is 0.0683. The molecular weight excluding hydrogens is 178 g/mol. The molecule has 1 rings (SSSR count). The second-order valence-corrected chi connectivity index (χ2v) is 3.86. The number of carbonyl (C=O) groups excluding carboxylic acids is 1. The first kappa shape index (κ1) is 10.7. The molecule has 0 bridgehead atoms. The molecule has 0 atom stereocenters. The molecule has 1 aromatic heterocycles. The first-order chi connectivity index (χ1) is 6.52. The molecule has 0 aliphatic rings. The summed E-state index contributed by atoms with van der Waals surface area (Å²) in [7, 11) is 1.65. The number of hydrogen-bond acceptors (Lipinski definition) is 2. The molecule has 0 spiro atoms. The number of pyridine rings is 1. The van der Waals surface area contributed by atoms with Crippen molar-refractivity contribution in [2.75, 3.05) is 0 Å². The SMILES string of the molecule is CC(C)CC(=O)c1cccn(C)c1=O. The molecule has 0 saturated heterocycles. The van der Waals surface area contributed by atoms with E-state index in [1.807, 2.05) is 13.8 Å². The van der Waals surface area contributed by atoms with Crippen molar-refractivity contribution in [1.29, 1.82) is 0 Å². The number of carbonyl (C=O) groups is 1. The fraction of sp³-hybridized carbons (Fsp3) is 0.455. The van der Waals surface area contributed by atoms with Crippen LogP contribution in [0.1, 0.15) is 30.6 Å². The molecule has 3 heteroatoms. The monoisotopic (exact) mass is 193 g/mol. The molecule has 0 saturated carbocycles. The van der Waals surface area contributed by atoms with Crippen molar-refractivity contribution in [3.63, 3.8) is 0 Å². The van der Waals surface area contributed by atoms with E-state index in [9.17, 15) is 9.59 Å². The predicted octanol–water partition coefficient (Wildman–Crippen LogP) is 1.61. The Bertz CT molecular complexity index is 391. The highest BCUT2D eigenvalue weighted by Crippen LogP contribution is 2.05. The van der Waals surface area contributed by atoms with Gasteiger partial charge in [-0.1, -0.05) is 13.8 Å². The summed E-state index contributed by atoms with van der Waals surface area (Å²) in [5, 5.41) is 0. The fourth-order valence-corrected chi connectivity index (χ4v) is 1.29. The molecule has 0 aliphatic heterocycles. The van der Waals surface area contributed by atoms with Crippen LogP contribution in [0.5, 0.6) is 0 Å². The van der Waals surface area contributed by atoms with Crippen molar-refractivity contribution in [3.8, 4) is 0 Å². The third kappa shape index (κ3) is 2.31. The Labute approximate surface area is 83.4 Å². The van der Waals surface area contributed by atoms with Crippen LogP contribution in [0.3, 0.4) is 0 Å². The van der Waals surface area contributed by atoms with E-state index in [4.69, 9.17) is 0 Å². The van der Waals surface area contributed by atoms with Gasteiger partial charge in [0.15, 0.2) is 5.78 Å². The van der Waals surface area contributed by atoms with Gasteiger partial charge in [0, 0.05) is 19.7 Å². The van der Waals surface area contributed by atoms with Crippen molar-refractivity contribution in [2.45, 2.75) is 20.3 Å². The lowest BCUT2D eigenvalue weighted by Gasteiger charge is -2.04. The average Bonchev–Trinajstić information content (AvgIpc) is 2.08. The summed E-state index contributed by atoms with van der Waals surface area (Å²) >= 11 is 0. The van der Waals surface area contributed by atoms with E-state index < -0.39 is 0 Å². The summed E-state index contributed by atoms with van der Waals surface area (Å²) in [4.78, 5) is 23.1. The highest BCUT2D eigenvalue weighted by molar-refractivity contribution is 5.95. The summed E-state index contributed by atoms with van der Waals surface area (Å²) < 4.78 is 1.42. The Kier molecular flexibility index (Phi) is 3.23. The van der Waals surface area contributed by atoms with Crippen molar-refractivity contribution < 1.29 is 4.79 Å². The van der Waals surface area contributed by atoms with Gasteiger partial charge in [-0.25, -0.2) is 0 Å². The molecule has 14 heavy (non-hydrogen) atoms. The molecule has 3 nitrogen and oxygen atoms in total. The smallest absolute Gasteiger partial charge is 0.261 e. The van der Waals surface area contributed by atoms with Gasteiger partial charge in [-0.15, -0.1) is 0 Å². The number of hydrogen-bond donors (Lipinski definition) is 0. The van der Waals surface area contributed by atoms with Crippen molar-refractivity contribution in [2.24, 2.45) is 13.0 Å². The Hall–Kier alpha value is -1.38. The van der Waals surface area contributed by atoms with Crippen LogP contribution in [0.2, 0.25) is 0 Å². The summed E-state index contributed by atoms with van der Waals surface area (Å²) in [5.74, 6) is 0.216. The van der Waals surface area contributed by atoms with Crippen LogP contribution in [-0.2, 0) is 7.05 Å². The minimum Gasteiger partial charge on any atom is -0.318 e. The molecule has 0 aliphatic carbocycles. The van der Waals surface area contributed by atoms with E-state index in [2.05, 4.69) is 0 Å². The van der Waals surface area contributed by atoms with Gasteiger partial charge in [0.1, 0.15) is 0 Å². The van der Waals surface area contributed by atoms with E-state index in [-0.39, 0.29) is 17.3 Å². The Morgan fingerprint density at radius 1 is 1.50 bits per heavy atom. The maximum atomic E-state index is 11.6. The maximum absolute atomic E-state index is 11.6. The fourth-order valence-electron chi connectivity index (χ4n) is 1.29. The average molecular weight is 193 g/mol. The molecule has 0 fully saturated rings. The van der Waals surface area contributed by atoms with Crippen LogP contribution in [0.15, 0.2) is 23.1 Å². The van der Waals surface area contributed by atoms with Crippen LogP contribution < -0.4 is 5.56 Å². The lowest BCUT2D eigenvalue weighted by Crippen LogP contribution is -2.23. The number of Topliss-reactive ketones (excluding diaryl/α,β-unsaturated/α-hetero) is 1. The molecule has 1 aromatic rings. The zero-order chi connectivity index (χ0) is 10.7. The first-order valence-corrected chi connectivity index (χ1v) is 4.71. The Morgan fingerprint density at radius 3 is 2.71 bits per heavy atom. The normalized spacial score (nSPS) is 10.6. The summed E-state index contributed by atoms with van der Waals surface area (Å²) in [6.45, 7) is 3.93. The minimum atomic E-state index is -0.210. The maximum Gasteiger partial charge on any atom is 0.261 e. The van der Waals surface area contributed by atoms with E-state index in [0.717, 1.165) is 0 Å². The van der Waals surface area contributed by atoms with Crippen LogP contribution in [0.4, 0.5) is 0 Å². The number of ketones is 1. The largest absolute Gasteiger partial charge is 0.318 e. The van der Waals surface area contributed by atoms with Crippen LogP contribution in [0, 0.1) is 5.92 Å². The molecule has 0 amide bonds. The molecule has 0 radical (unpaired) electrons. The highest BCUT2D eigenvalue weighted by atomic mass is 16.1. The molecule has 1 heterocycles. The number of nitrogens with zero attached hydrogens (tertiary/aromatic N) is 1. The second-order valence-electron chi connectivity index (χ2n) is 3.86. The summed E-state index contributed by atoms with van der Waals surface area (Å²) in [6.07, 6.45) is 2.08. The number of aryl methyl sites for hydroxylation is 1. The van der Waals surface area contributed by atoms with Crippen LogP contribution in [-0.4, -0.2) is 10.4 Å². The topological polar surface area (TPSA) is 39.1 Å². The van der Waals surface area contributed by atoms with Gasteiger partial charge in [0.2, 0.25) is 0 Å². The second kappa shape index (κ2) is 4.22. The lowest BCUT2D eigenvalue weighted by molar-refractivity contribution is 0.0966. The third-order valence-electron chi connectivity index (χ3n) is 2.02. The van der Waals surface area contributed by atoms with Crippen LogP contribution >= 0.6 is 0 Å². The van der Waals surface area contributed by atoms with Crippen molar-refractivity contribution in [1.82, 2.24) is 4.57 Å². The number of aromatic nitrogens is 1. The van der Waals surface area contributed by atoms with Gasteiger partial charge < -0.3 is 4.57 Å².